The maximum atomic E-state index is 12.3. The fourth-order valence-corrected chi connectivity index (χ4v) is 3.07. The molecule has 1 fully saturated rings. The number of ether oxygens (including phenoxy) is 1. The molecule has 0 spiro atoms. The monoisotopic (exact) mass is 346 g/mol. The summed E-state index contributed by atoms with van der Waals surface area (Å²) >= 11 is 0. The van der Waals surface area contributed by atoms with E-state index in [4.69, 9.17) is 4.74 Å². The van der Waals surface area contributed by atoms with Crippen molar-refractivity contribution in [2.45, 2.75) is 45.2 Å². The van der Waals surface area contributed by atoms with E-state index in [1.165, 1.54) is 24.3 Å². The minimum absolute atomic E-state index is 0.0567. The number of nitrogens with zero attached hydrogens (tertiary/aromatic N) is 2. The standard InChI is InChI=1S/C18H22N2O5/c1-13-5-3-6-14(2)19(13)17(21)12-25-18(22)10-9-15-7-4-8-16(11-15)20(23)24/h4,7-11,13-14H,3,5-6,12H2,1-2H3/b10-9+/t13-,14+. The Bertz CT molecular complexity index is 676. The van der Waals surface area contributed by atoms with Gasteiger partial charge >= 0.3 is 5.97 Å². The first-order valence-electron chi connectivity index (χ1n) is 8.29. The number of carbonyl (C=O) groups is 2. The van der Waals surface area contributed by atoms with Gasteiger partial charge in [0.15, 0.2) is 6.61 Å². The predicted octanol–water partition coefficient (Wildman–Crippen LogP) is 2.94. The number of amides is 1. The number of likely N-dealkylation sites (tertiary alicyclic amines) is 1. The number of esters is 1. The lowest BCUT2D eigenvalue weighted by Gasteiger charge is -2.38. The lowest BCUT2D eigenvalue weighted by molar-refractivity contribution is -0.384. The number of non-ortho nitro benzene ring substituents is 1. The van der Waals surface area contributed by atoms with Crippen molar-refractivity contribution in [1.29, 1.82) is 0 Å². The number of hydrogen-bond acceptors (Lipinski definition) is 5. The molecule has 0 aliphatic carbocycles. The summed E-state index contributed by atoms with van der Waals surface area (Å²) in [7, 11) is 0. The molecule has 0 unspecified atom stereocenters. The Morgan fingerprint density at radius 2 is 2.00 bits per heavy atom. The Labute approximate surface area is 146 Å². The van der Waals surface area contributed by atoms with Gasteiger partial charge in [-0.15, -0.1) is 0 Å². The highest BCUT2D eigenvalue weighted by atomic mass is 16.6. The topological polar surface area (TPSA) is 89.8 Å². The first kappa shape index (κ1) is 18.6. The maximum Gasteiger partial charge on any atom is 0.331 e. The van der Waals surface area contributed by atoms with Crippen molar-refractivity contribution >= 4 is 23.6 Å². The Morgan fingerprint density at radius 1 is 1.32 bits per heavy atom. The van der Waals surface area contributed by atoms with Gasteiger partial charge in [-0.3, -0.25) is 14.9 Å². The van der Waals surface area contributed by atoms with Crippen LogP contribution >= 0.6 is 0 Å². The number of rotatable bonds is 5. The summed E-state index contributed by atoms with van der Waals surface area (Å²) < 4.78 is 5.00. The van der Waals surface area contributed by atoms with Crippen LogP contribution in [-0.2, 0) is 14.3 Å². The van der Waals surface area contributed by atoms with Gasteiger partial charge in [-0.05, 0) is 44.7 Å². The van der Waals surface area contributed by atoms with Crippen LogP contribution in [0.3, 0.4) is 0 Å². The molecule has 0 bridgehead atoms. The Hall–Kier alpha value is -2.70. The van der Waals surface area contributed by atoms with E-state index in [9.17, 15) is 19.7 Å². The quantitative estimate of drug-likeness (QED) is 0.354. The van der Waals surface area contributed by atoms with Crippen molar-refractivity contribution in [1.82, 2.24) is 4.90 Å². The van der Waals surface area contributed by atoms with Crippen LogP contribution in [0, 0.1) is 10.1 Å². The molecular formula is C18H22N2O5. The number of hydrogen-bond donors (Lipinski definition) is 0. The number of benzene rings is 1. The molecule has 0 saturated carbocycles. The molecule has 1 aromatic carbocycles. The molecule has 1 aromatic rings. The van der Waals surface area contributed by atoms with Gasteiger partial charge in [-0.2, -0.15) is 0 Å². The lowest BCUT2D eigenvalue weighted by atomic mass is 9.97. The Kier molecular flexibility index (Phi) is 6.27. The summed E-state index contributed by atoms with van der Waals surface area (Å²) in [5.41, 5.74) is 0.453. The second-order valence-electron chi connectivity index (χ2n) is 6.22. The fraction of sp³-hybridized carbons (Fsp3) is 0.444. The molecular weight excluding hydrogens is 324 g/mol. The number of nitro groups is 1. The molecule has 1 heterocycles. The van der Waals surface area contributed by atoms with Gasteiger partial charge in [0.05, 0.1) is 4.92 Å². The number of piperidine rings is 1. The van der Waals surface area contributed by atoms with Crippen molar-refractivity contribution in [3.8, 4) is 0 Å². The molecule has 1 aliphatic rings. The first-order chi connectivity index (χ1) is 11.9. The van der Waals surface area contributed by atoms with Crippen LogP contribution in [0.25, 0.3) is 6.08 Å². The highest BCUT2D eigenvalue weighted by Crippen LogP contribution is 2.22. The predicted molar refractivity (Wildman–Crippen MR) is 92.7 cm³/mol. The van der Waals surface area contributed by atoms with Crippen molar-refractivity contribution in [2.24, 2.45) is 0 Å². The van der Waals surface area contributed by atoms with Gasteiger partial charge in [0.1, 0.15) is 0 Å². The summed E-state index contributed by atoms with van der Waals surface area (Å²) in [6.07, 6.45) is 5.59. The second-order valence-corrected chi connectivity index (χ2v) is 6.22. The molecule has 1 aliphatic heterocycles. The van der Waals surface area contributed by atoms with Gasteiger partial charge in [0, 0.05) is 30.3 Å². The SMILES string of the molecule is C[C@@H]1CCC[C@H](C)N1C(=O)COC(=O)/C=C/c1cccc([N+](=O)[O-])c1. The van der Waals surface area contributed by atoms with Crippen molar-refractivity contribution in [2.75, 3.05) is 6.61 Å². The average Bonchev–Trinajstić information content (AvgIpc) is 2.58. The van der Waals surface area contributed by atoms with Crippen molar-refractivity contribution < 1.29 is 19.2 Å². The minimum Gasteiger partial charge on any atom is -0.452 e. The molecule has 7 nitrogen and oxygen atoms in total. The third kappa shape index (κ3) is 5.14. The molecule has 134 valence electrons. The Balaban J connectivity index is 1.88. The molecule has 1 saturated heterocycles. The normalized spacial score (nSPS) is 20.5. The average molecular weight is 346 g/mol. The van der Waals surface area contributed by atoms with E-state index in [0.717, 1.165) is 25.3 Å². The summed E-state index contributed by atoms with van der Waals surface area (Å²) in [6, 6.07) is 6.19. The van der Waals surface area contributed by atoms with E-state index in [-0.39, 0.29) is 30.3 Å². The molecule has 0 radical (unpaired) electrons. The fourth-order valence-electron chi connectivity index (χ4n) is 3.07. The van der Waals surface area contributed by atoms with Gasteiger partial charge in [0.2, 0.25) is 0 Å². The summed E-state index contributed by atoms with van der Waals surface area (Å²) in [5.74, 6) is -0.853. The zero-order valence-corrected chi connectivity index (χ0v) is 14.4. The zero-order chi connectivity index (χ0) is 18.4. The maximum absolute atomic E-state index is 12.3. The van der Waals surface area contributed by atoms with E-state index < -0.39 is 10.9 Å². The van der Waals surface area contributed by atoms with E-state index in [1.54, 1.807) is 11.0 Å². The van der Waals surface area contributed by atoms with Gasteiger partial charge in [-0.25, -0.2) is 4.79 Å². The van der Waals surface area contributed by atoms with Gasteiger partial charge in [0.25, 0.3) is 11.6 Å². The van der Waals surface area contributed by atoms with Crippen LogP contribution in [0.1, 0.15) is 38.7 Å². The minimum atomic E-state index is -0.655. The summed E-state index contributed by atoms with van der Waals surface area (Å²) in [6.45, 7) is 3.70. The van der Waals surface area contributed by atoms with E-state index >= 15 is 0 Å². The third-order valence-corrected chi connectivity index (χ3v) is 4.31. The molecule has 0 aromatic heterocycles. The largest absolute Gasteiger partial charge is 0.452 e. The highest BCUT2D eigenvalue weighted by molar-refractivity contribution is 5.89. The molecule has 7 heteroatoms. The van der Waals surface area contributed by atoms with Crippen LogP contribution in [0.5, 0.6) is 0 Å². The highest BCUT2D eigenvalue weighted by Gasteiger charge is 2.29. The van der Waals surface area contributed by atoms with Crippen molar-refractivity contribution in [3.63, 3.8) is 0 Å². The molecule has 1 amide bonds. The summed E-state index contributed by atoms with van der Waals surface area (Å²) in [5, 5.41) is 10.7. The van der Waals surface area contributed by atoms with Crippen molar-refractivity contribution in [3.05, 3.63) is 46.0 Å². The smallest absolute Gasteiger partial charge is 0.331 e. The van der Waals surface area contributed by atoms with Crippen LogP contribution in [0.15, 0.2) is 30.3 Å². The molecule has 2 atom stereocenters. The first-order valence-corrected chi connectivity index (χ1v) is 8.29. The molecule has 25 heavy (non-hydrogen) atoms. The lowest BCUT2D eigenvalue weighted by Crippen LogP contribution is -2.49. The van der Waals surface area contributed by atoms with E-state index in [2.05, 4.69) is 0 Å². The van der Waals surface area contributed by atoms with Crippen LogP contribution in [0.2, 0.25) is 0 Å². The van der Waals surface area contributed by atoms with E-state index in [0.29, 0.717) is 5.56 Å². The molecule has 2 rings (SSSR count). The second kappa shape index (κ2) is 8.41. The third-order valence-electron chi connectivity index (χ3n) is 4.31. The number of carbonyl (C=O) groups excluding carboxylic acids is 2. The van der Waals surface area contributed by atoms with Crippen LogP contribution in [0.4, 0.5) is 5.69 Å². The van der Waals surface area contributed by atoms with Gasteiger partial charge in [-0.1, -0.05) is 12.1 Å². The summed E-state index contributed by atoms with van der Waals surface area (Å²) in [4.78, 5) is 36.0. The number of nitro benzene ring substituents is 1. The van der Waals surface area contributed by atoms with Gasteiger partial charge < -0.3 is 9.64 Å². The Morgan fingerprint density at radius 3 is 2.64 bits per heavy atom. The van der Waals surface area contributed by atoms with Crippen LogP contribution in [-0.4, -0.2) is 40.4 Å². The molecule has 0 N–H and O–H groups in total. The van der Waals surface area contributed by atoms with Crippen LogP contribution < -0.4 is 0 Å². The zero-order valence-electron chi connectivity index (χ0n) is 14.4. The van der Waals surface area contributed by atoms with E-state index in [1.807, 2.05) is 13.8 Å².